The van der Waals surface area contributed by atoms with Crippen molar-refractivity contribution in [1.82, 2.24) is 14.7 Å². The van der Waals surface area contributed by atoms with Gasteiger partial charge in [0.15, 0.2) is 0 Å². The van der Waals surface area contributed by atoms with Crippen LogP contribution in [0, 0.1) is 0 Å². The van der Waals surface area contributed by atoms with E-state index in [0.717, 1.165) is 11.3 Å². The van der Waals surface area contributed by atoms with E-state index in [1.165, 1.54) is 16.7 Å². The van der Waals surface area contributed by atoms with E-state index >= 15 is 0 Å². The monoisotopic (exact) mass is 329 g/mol. The molecule has 2 N–H and O–H groups in total. The van der Waals surface area contributed by atoms with Crippen LogP contribution in [0.4, 0.5) is 16.3 Å². The Kier molecular flexibility index (Phi) is 4.11. The van der Waals surface area contributed by atoms with Gasteiger partial charge >= 0.3 is 6.03 Å². The summed E-state index contributed by atoms with van der Waals surface area (Å²) in [7, 11) is 3.21. The Hall–Kier alpha value is -3.03. The number of urea groups is 1. The highest BCUT2D eigenvalue weighted by molar-refractivity contribution is 6.00. The van der Waals surface area contributed by atoms with E-state index in [0.29, 0.717) is 18.2 Å². The Bertz CT molecular complexity index is 786. The molecule has 1 aliphatic heterocycles. The summed E-state index contributed by atoms with van der Waals surface area (Å²) >= 11 is 0. The zero-order valence-corrected chi connectivity index (χ0v) is 13.7. The molecule has 0 aliphatic carbocycles. The van der Waals surface area contributed by atoms with Crippen LogP contribution in [0.1, 0.15) is 12.5 Å². The summed E-state index contributed by atoms with van der Waals surface area (Å²) in [5, 5.41) is 9.72. The van der Waals surface area contributed by atoms with E-state index in [-0.39, 0.29) is 11.9 Å². The van der Waals surface area contributed by atoms with Gasteiger partial charge in [0, 0.05) is 18.8 Å². The first-order chi connectivity index (χ1) is 11.5. The van der Waals surface area contributed by atoms with Crippen molar-refractivity contribution in [2.45, 2.75) is 19.5 Å². The van der Waals surface area contributed by atoms with E-state index in [4.69, 9.17) is 4.74 Å². The van der Waals surface area contributed by atoms with Crippen molar-refractivity contribution in [3.8, 4) is 5.88 Å². The first-order valence-electron chi connectivity index (χ1n) is 7.54. The van der Waals surface area contributed by atoms with Gasteiger partial charge < -0.3 is 15.0 Å². The molecule has 3 rings (SSSR count). The summed E-state index contributed by atoms with van der Waals surface area (Å²) < 4.78 is 6.55. The molecule has 2 heterocycles. The summed E-state index contributed by atoms with van der Waals surface area (Å²) in [6.07, 6.45) is 0. The van der Waals surface area contributed by atoms with Crippen LogP contribution >= 0.6 is 0 Å². The summed E-state index contributed by atoms with van der Waals surface area (Å²) in [5.41, 5.74) is 1.61. The molecule has 0 bridgehead atoms. The van der Waals surface area contributed by atoms with Crippen LogP contribution in [0.15, 0.2) is 30.3 Å². The molecule has 8 nitrogen and oxygen atoms in total. The Morgan fingerprint density at radius 2 is 2.17 bits per heavy atom. The van der Waals surface area contributed by atoms with Crippen molar-refractivity contribution < 1.29 is 14.3 Å². The van der Waals surface area contributed by atoms with Gasteiger partial charge in [0.05, 0.1) is 13.7 Å². The van der Waals surface area contributed by atoms with Gasteiger partial charge in [-0.15, -0.1) is 5.10 Å². The lowest BCUT2D eigenvalue weighted by Gasteiger charge is -2.25. The van der Waals surface area contributed by atoms with Gasteiger partial charge in [0.2, 0.25) is 11.8 Å². The van der Waals surface area contributed by atoms with Crippen LogP contribution in [-0.4, -0.2) is 39.8 Å². The number of ether oxygens (including phenoxy) is 1. The number of carbonyl (C=O) groups excluding carboxylic acids is 2. The quantitative estimate of drug-likeness (QED) is 0.879. The molecule has 3 amide bonds. The number of benzene rings is 1. The maximum Gasteiger partial charge on any atom is 0.323 e. The van der Waals surface area contributed by atoms with Gasteiger partial charge in [-0.25, -0.2) is 9.48 Å². The van der Waals surface area contributed by atoms with Crippen molar-refractivity contribution >= 4 is 23.4 Å². The fourth-order valence-corrected chi connectivity index (χ4v) is 2.57. The maximum absolute atomic E-state index is 12.7. The molecular formula is C16H19N5O3. The van der Waals surface area contributed by atoms with Crippen LogP contribution in [0.2, 0.25) is 0 Å². The van der Waals surface area contributed by atoms with Crippen LogP contribution in [-0.2, 0) is 18.4 Å². The van der Waals surface area contributed by atoms with Crippen LogP contribution < -0.4 is 15.4 Å². The lowest BCUT2D eigenvalue weighted by Crippen LogP contribution is -2.45. The van der Waals surface area contributed by atoms with Crippen molar-refractivity contribution in [3.05, 3.63) is 35.9 Å². The standard InChI is InChI=1S/C16H19N5O3/c1-10-15(22)17-12-7-5-4-6-11(12)9-21(10)16(23)18-13-8-14(24-3)19-20(13)2/h4-8,10H,9H2,1-3H3,(H,17,22)(H,18,23). The largest absolute Gasteiger partial charge is 0.480 e. The van der Waals surface area contributed by atoms with E-state index in [2.05, 4.69) is 15.7 Å². The van der Waals surface area contributed by atoms with Crippen molar-refractivity contribution in [2.24, 2.45) is 7.05 Å². The summed E-state index contributed by atoms with van der Waals surface area (Å²) in [5.74, 6) is 0.666. The number of rotatable bonds is 2. The number of aromatic nitrogens is 2. The van der Waals surface area contributed by atoms with E-state index in [1.807, 2.05) is 24.3 Å². The number of para-hydroxylation sites is 1. The number of hydrogen-bond donors (Lipinski definition) is 2. The van der Waals surface area contributed by atoms with Gasteiger partial charge in [-0.3, -0.25) is 10.1 Å². The molecule has 0 fully saturated rings. The summed E-state index contributed by atoms with van der Waals surface area (Å²) in [4.78, 5) is 26.5. The molecule has 0 saturated heterocycles. The Balaban J connectivity index is 1.85. The zero-order chi connectivity index (χ0) is 17.3. The van der Waals surface area contributed by atoms with E-state index in [9.17, 15) is 9.59 Å². The minimum atomic E-state index is -0.604. The molecule has 1 aromatic heterocycles. The molecule has 1 atom stereocenters. The molecule has 1 aromatic carbocycles. The highest BCUT2D eigenvalue weighted by atomic mass is 16.5. The second-order valence-corrected chi connectivity index (χ2v) is 5.58. The van der Waals surface area contributed by atoms with Crippen LogP contribution in [0.5, 0.6) is 5.88 Å². The second-order valence-electron chi connectivity index (χ2n) is 5.58. The van der Waals surface area contributed by atoms with Crippen molar-refractivity contribution in [2.75, 3.05) is 17.7 Å². The first kappa shape index (κ1) is 15.9. The van der Waals surface area contributed by atoms with Gasteiger partial charge in [0.1, 0.15) is 11.9 Å². The number of nitrogens with one attached hydrogen (secondary N) is 2. The number of aryl methyl sites for hydroxylation is 1. The second kappa shape index (κ2) is 6.23. The summed E-state index contributed by atoms with van der Waals surface area (Å²) in [6, 6.07) is 8.08. The van der Waals surface area contributed by atoms with Gasteiger partial charge in [-0.2, -0.15) is 0 Å². The topological polar surface area (TPSA) is 88.5 Å². The predicted molar refractivity (Wildman–Crippen MR) is 88.9 cm³/mol. The van der Waals surface area contributed by atoms with Gasteiger partial charge in [-0.1, -0.05) is 18.2 Å². The minimum absolute atomic E-state index is 0.224. The average molecular weight is 329 g/mol. The number of amides is 3. The number of methoxy groups -OCH3 is 1. The van der Waals surface area contributed by atoms with Crippen LogP contribution in [0.25, 0.3) is 0 Å². The van der Waals surface area contributed by atoms with Crippen molar-refractivity contribution in [3.63, 3.8) is 0 Å². The van der Waals surface area contributed by atoms with Crippen LogP contribution in [0.3, 0.4) is 0 Å². The number of hydrogen-bond acceptors (Lipinski definition) is 4. The third kappa shape index (κ3) is 2.90. The third-order valence-electron chi connectivity index (χ3n) is 4.03. The molecule has 0 spiro atoms. The highest BCUT2D eigenvalue weighted by Gasteiger charge is 2.30. The molecule has 1 unspecified atom stereocenters. The molecule has 0 radical (unpaired) electrons. The highest BCUT2D eigenvalue weighted by Crippen LogP contribution is 2.24. The first-order valence-corrected chi connectivity index (χ1v) is 7.54. The lowest BCUT2D eigenvalue weighted by molar-refractivity contribution is -0.119. The summed E-state index contributed by atoms with van der Waals surface area (Å²) in [6.45, 7) is 2.03. The van der Waals surface area contributed by atoms with E-state index < -0.39 is 6.04 Å². The number of carbonyl (C=O) groups is 2. The molecule has 8 heteroatoms. The molecule has 0 saturated carbocycles. The predicted octanol–water partition coefficient (Wildman–Crippen LogP) is 1.80. The smallest absolute Gasteiger partial charge is 0.323 e. The van der Waals surface area contributed by atoms with Gasteiger partial charge in [-0.05, 0) is 18.6 Å². The Morgan fingerprint density at radius 3 is 2.88 bits per heavy atom. The maximum atomic E-state index is 12.7. The fraction of sp³-hybridized carbons (Fsp3) is 0.312. The zero-order valence-electron chi connectivity index (χ0n) is 13.7. The third-order valence-corrected chi connectivity index (χ3v) is 4.03. The molecule has 126 valence electrons. The molecule has 24 heavy (non-hydrogen) atoms. The van der Waals surface area contributed by atoms with E-state index in [1.54, 1.807) is 20.0 Å². The number of nitrogens with zero attached hydrogens (tertiary/aromatic N) is 3. The van der Waals surface area contributed by atoms with Gasteiger partial charge in [0.25, 0.3) is 0 Å². The minimum Gasteiger partial charge on any atom is -0.480 e. The lowest BCUT2D eigenvalue weighted by atomic mass is 10.2. The SMILES string of the molecule is COc1cc(NC(=O)N2Cc3ccccc3NC(=O)C2C)n(C)n1. The number of anilines is 2. The normalized spacial score (nSPS) is 16.9. The average Bonchev–Trinajstić information content (AvgIpc) is 2.86. The fourth-order valence-electron chi connectivity index (χ4n) is 2.57. The molecule has 1 aliphatic rings. The Labute approximate surface area is 139 Å². The number of fused-ring (bicyclic) bond motifs is 1. The molecular weight excluding hydrogens is 310 g/mol. The Morgan fingerprint density at radius 1 is 1.42 bits per heavy atom. The van der Waals surface area contributed by atoms with Crippen molar-refractivity contribution in [1.29, 1.82) is 0 Å². The molecule has 2 aromatic rings.